The fraction of sp³-hybridized carbons (Fsp3) is 0. The van der Waals surface area contributed by atoms with E-state index in [2.05, 4.69) is 10.3 Å². The molecule has 3 aromatic carbocycles. The monoisotopic (exact) mass is 392 g/mol. The molecule has 138 valence electrons. The van der Waals surface area contributed by atoms with Crippen LogP contribution in [-0.4, -0.2) is 5.91 Å². The molecule has 0 spiro atoms. The Morgan fingerprint density at radius 1 is 0.964 bits per heavy atom. The van der Waals surface area contributed by atoms with Crippen molar-refractivity contribution >= 4 is 39.9 Å². The number of fused-ring (bicyclic) bond motifs is 1. The van der Waals surface area contributed by atoms with E-state index in [0.29, 0.717) is 11.3 Å². The predicted molar refractivity (Wildman–Crippen MR) is 107 cm³/mol. The van der Waals surface area contributed by atoms with Gasteiger partial charge in [0.1, 0.15) is 17.0 Å². The summed E-state index contributed by atoms with van der Waals surface area (Å²) in [4.78, 5) is 17.2. The van der Waals surface area contributed by atoms with Gasteiger partial charge in [-0.1, -0.05) is 48.0 Å². The largest absolute Gasteiger partial charge is 0.438 e. The van der Waals surface area contributed by atoms with Gasteiger partial charge in [-0.2, -0.15) is 0 Å². The zero-order valence-corrected chi connectivity index (χ0v) is 15.3. The fourth-order valence-corrected chi connectivity index (χ4v) is 2.88. The van der Waals surface area contributed by atoms with Crippen molar-refractivity contribution < 1.29 is 13.6 Å². The van der Waals surface area contributed by atoms with E-state index >= 15 is 0 Å². The third-order valence-electron chi connectivity index (χ3n) is 4.06. The van der Waals surface area contributed by atoms with Crippen molar-refractivity contribution in [2.24, 2.45) is 4.99 Å². The molecule has 0 bridgehead atoms. The number of carbonyl (C=O) groups excluding carboxylic acids is 1. The van der Waals surface area contributed by atoms with Gasteiger partial charge in [0, 0.05) is 17.1 Å². The molecule has 1 N–H and O–H groups in total. The highest BCUT2D eigenvalue weighted by molar-refractivity contribution is 6.32. The molecular weight excluding hydrogens is 379 g/mol. The Morgan fingerprint density at radius 2 is 1.71 bits per heavy atom. The van der Waals surface area contributed by atoms with Crippen molar-refractivity contribution in [3.8, 4) is 0 Å². The summed E-state index contributed by atoms with van der Waals surface area (Å²) >= 11 is 6.12. The predicted octanol–water partition coefficient (Wildman–Crippen LogP) is 5.71. The van der Waals surface area contributed by atoms with Gasteiger partial charge in [0.2, 0.25) is 5.55 Å². The van der Waals surface area contributed by atoms with Crippen molar-refractivity contribution in [2.75, 3.05) is 5.32 Å². The summed E-state index contributed by atoms with van der Waals surface area (Å²) in [5.41, 5.74) is 1.61. The van der Waals surface area contributed by atoms with E-state index in [1.165, 1.54) is 18.2 Å². The van der Waals surface area contributed by atoms with Gasteiger partial charge in [-0.3, -0.25) is 4.79 Å². The smallest absolute Gasteiger partial charge is 0.261 e. The number of hydrogen-bond donors (Lipinski definition) is 1. The Hall–Kier alpha value is -3.44. The van der Waals surface area contributed by atoms with Gasteiger partial charge in [-0.25, -0.2) is 9.38 Å². The molecule has 0 atom stereocenters. The van der Waals surface area contributed by atoms with Gasteiger partial charge in [0.05, 0.1) is 10.7 Å². The summed E-state index contributed by atoms with van der Waals surface area (Å²) in [5.74, 6) is -0.883. The van der Waals surface area contributed by atoms with E-state index in [4.69, 9.17) is 16.0 Å². The summed E-state index contributed by atoms with van der Waals surface area (Å²) in [6.45, 7) is 0. The molecule has 0 aliphatic heterocycles. The van der Waals surface area contributed by atoms with Crippen LogP contribution in [0.3, 0.4) is 0 Å². The number of benzene rings is 3. The van der Waals surface area contributed by atoms with E-state index in [0.717, 1.165) is 5.39 Å². The van der Waals surface area contributed by atoms with Crippen LogP contribution < -0.4 is 10.9 Å². The van der Waals surface area contributed by atoms with Crippen molar-refractivity contribution in [1.82, 2.24) is 0 Å². The van der Waals surface area contributed by atoms with E-state index in [1.807, 2.05) is 36.4 Å². The molecule has 1 aromatic heterocycles. The van der Waals surface area contributed by atoms with Crippen LogP contribution >= 0.6 is 11.6 Å². The SMILES string of the molecule is O=C(Nc1ccccc1)c1cc2ccccc2oc1=Nc1cc(F)ccc1Cl. The Morgan fingerprint density at radius 3 is 2.54 bits per heavy atom. The number of nitrogens with zero attached hydrogens (tertiary/aromatic N) is 1. The second kappa shape index (κ2) is 7.66. The summed E-state index contributed by atoms with van der Waals surface area (Å²) in [5, 5.41) is 3.80. The lowest BCUT2D eigenvalue weighted by Gasteiger charge is -2.07. The van der Waals surface area contributed by atoms with Crippen LogP contribution in [0.15, 0.2) is 88.3 Å². The Kier molecular flexibility index (Phi) is 4.91. The zero-order chi connectivity index (χ0) is 19.5. The maximum atomic E-state index is 13.6. The van der Waals surface area contributed by atoms with Crippen LogP contribution in [0.1, 0.15) is 10.4 Å². The van der Waals surface area contributed by atoms with Crippen LogP contribution in [-0.2, 0) is 0 Å². The zero-order valence-electron chi connectivity index (χ0n) is 14.5. The minimum Gasteiger partial charge on any atom is -0.438 e. The second-order valence-electron chi connectivity index (χ2n) is 6.03. The van der Waals surface area contributed by atoms with Crippen molar-refractivity contribution in [1.29, 1.82) is 0 Å². The molecule has 0 radical (unpaired) electrons. The summed E-state index contributed by atoms with van der Waals surface area (Å²) < 4.78 is 19.5. The highest BCUT2D eigenvalue weighted by Gasteiger charge is 2.14. The molecule has 1 heterocycles. The van der Waals surface area contributed by atoms with Crippen molar-refractivity contribution in [3.63, 3.8) is 0 Å². The van der Waals surface area contributed by atoms with E-state index in [-0.39, 0.29) is 21.8 Å². The number of carbonyl (C=O) groups is 1. The average molecular weight is 393 g/mol. The fourth-order valence-electron chi connectivity index (χ4n) is 2.72. The van der Waals surface area contributed by atoms with Crippen molar-refractivity contribution in [2.45, 2.75) is 0 Å². The molecule has 0 aliphatic carbocycles. The average Bonchev–Trinajstić information content (AvgIpc) is 2.71. The van der Waals surface area contributed by atoms with Crippen LogP contribution in [0.5, 0.6) is 0 Å². The lowest BCUT2D eigenvalue weighted by atomic mass is 10.1. The molecule has 0 saturated carbocycles. The van der Waals surface area contributed by atoms with Crippen LogP contribution in [0.4, 0.5) is 15.8 Å². The maximum Gasteiger partial charge on any atom is 0.261 e. The van der Waals surface area contributed by atoms with E-state index < -0.39 is 11.7 Å². The first-order valence-corrected chi connectivity index (χ1v) is 8.87. The molecular formula is C22H14ClFN2O2. The third kappa shape index (κ3) is 3.80. The minimum atomic E-state index is -0.487. The first-order chi connectivity index (χ1) is 13.6. The Balaban J connectivity index is 1.88. The van der Waals surface area contributed by atoms with Gasteiger partial charge in [0.15, 0.2) is 0 Å². The summed E-state index contributed by atoms with van der Waals surface area (Å²) in [7, 11) is 0. The Labute approximate surface area is 164 Å². The number of nitrogens with one attached hydrogen (secondary N) is 1. The van der Waals surface area contributed by atoms with Crippen LogP contribution in [0.25, 0.3) is 11.0 Å². The molecule has 4 aromatic rings. The number of anilines is 1. The standard InChI is InChI=1S/C22H14ClFN2O2/c23-18-11-10-15(24)13-19(18)26-22-17(12-14-6-4-5-9-20(14)28-22)21(27)25-16-7-2-1-3-8-16/h1-13H,(H,25,27). The van der Waals surface area contributed by atoms with E-state index in [9.17, 15) is 9.18 Å². The second-order valence-corrected chi connectivity index (χ2v) is 6.44. The van der Waals surface area contributed by atoms with Gasteiger partial charge in [0.25, 0.3) is 5.91 Å². The van der Waals surface area contributed by atoms with Gasteiger partial charge >= 0.3 is 0 Å². The van der Waals surface area contributed by atoms with Crippen LogP contribution in [0, 0.1) is 5.82 Å². The summed E-state index contributed by atoms with van der Waals surface area (Å²) in [6, 6.07) is 21.8. The molecule has 4 nitrogen and oxygen atoms in total. The molecule has 0 saturated heterocycles. The van der Waals surface area contributed by atoms with Gasteiger partial charge in [-0.05, 0) is 36.4 Å². The Bertz CT molecular complexity index is 1240. The number of halogens is 2. The van der Waals surface area contributed by atoms with Crippen LogP contribution in [0.2, 0.25) is 5.02 Å². The maximum absolute atomic E-state index is 13.6. The highest BCUT2D eigenvalue weighted by atomic mass is 35.5. The molecule has 1 amide bonds. The molecule has 28 heavy (non-hydrogen) atoms. The lowest BCUT2D eigenvalue weighted by Crippen LogP contribution is -2.21. The molecule has 4 rings (SSSR count). The quantitative estimate of drug-likeness (QED) is 0.485. The minimum absolute atomic E-state index is 0.0413. The molecule has 0 aliphatic rings. The first-order valence-electron chi connectivity index (χ1n) is 8.49. The number of rotatable bonds is 3. The van der Waals surface area contributed by atoms with Crippen molar-refractivity contribution in [3.05, 3.63) is 101 Å². The molecule has 6 heteroatoms. The number of hydrogen-bond acceptors (Lipinski definition) is 3. The lowest BCUT2D eigenvalue weighted by molar-refractivity contribution is 0.102. The molecule has 0 fully saturated rings. The number of amides is 1. The normalized spacial score (nSPS) is 11.6. The van der Waals surface area contributed by atoms with Gasteiger partial charge < -0.3 is 9.73 Å². The summed E-state index contributed by atoms with van der Waals surface area (Å²) in [6.07, 6.45) is 0. The highest BCUT2D eigenvalue weighted by Crippen LogP contribution is 2.25. The van der Waals surface area contributed by atoms with E-state index in [1.54, 1.807) is 24.3 Å². The third-order valence-corrected chi connectivity index (χ3v) is 4.38. The topological polar surface area (TPSA) is 54.6 Å². The first kappa shape index (κ1) is 17.9. The molecule has 0 unspecified atom stereocenters. The number of para-hydroxylation sites is 2. The van der Waals surface area contributed by atoms with Gasteiger partial charge in [-0.15, -0.1) is 0 Å².